The minimum atomic E-state index is -0.0668. The monoisotopic (exact) mass is 227 g/mol. The zero-order valence-electron chi connectivity index (χ0n) is 9.74. The molecule has 4 nitrogen and oxygen atoms in total. The molecule has 0 spiro atoms. The Kier molecular flexibility index (Phi) is 4.60. The van der Waals surface area contributed by atoms with Gasteiger partial charge in [-0.3, -0.25) is 4.79 Å². The molecular weight excluding hydrogens is 206 g/mol. The predicted octanol–water partition coefficient (Wildman–Crippen LogP) is 1.24. The lowest BCUT2D eigenvalue weighted by Crippen LogP contribution is -2.34. The van der Waals surface area contributed by atoms with Gasteiger partial charge in [-0.15, -0.1) is 0 Å². The van der Waals surface area contributed by atoms with E-state index < -0.39 is 0 Å². The van der Waals surface area contributed by atoms with Gasteiger partial charge in [-0.2, -0.15) is 0 Å². The molecule has 2 heterocycles. The van der Waals surface area contributed by atoms with Crippen LogP contribution in [0.15, 0.2) is 0 Å². The van der Waals surface area contributed by atoms with Crippen molar-refractivity contribution in [3.63, 3.8) is 0 Å². The zero-order valence-corrected chi connectivity index (χ0v) is 9.74. The number of carbonyl (C=O) groups excluding carboxylic acids is 1. The van der Waals surface area contributed by atoms with E-state index in [1.54, 1.807) is 0 Å². The molecule has 0 aromatic carbocycles. The third kappa shape index (κ3) is 3.76. The minimum Gasteiger partial charge on any atom is -0.460 e. The number of piperidine rings is 1. The van der Waals surface area contributed by atoms with Crippen molar-refractivity contribution >= 4 is 5.97 Å². The first-order chi connectivity index (χ1) is 7.84. The summed E-state index contributed by atoms with van der Waals surface area (Å²) in [7, 11) is 0. The molecule has 2 aliphatic heterocycles. The summed E-state index contributed by atoms with van der Waals surface area (Å²) >= 11 is 0. The van der Waals surface area contributed by atoms with E-state index >= 15 is 0 Å². The van der Waals surface area contributed by atoms with E-state index in [0.29, 0.717) is 19.1 Å². The molecule has 4 heteroatoms. The number of esters is 1. The molecule has 16 heavy (non-hydrogen) atoms. The van der Waals surface area contributed by atoms with Crippen LogP contribution in [-0.2, 0) is 14.3 Å². The maximum absolute atomic E-state index is 11.5. The van der Waals surface area contributed by atoms with Gasteiger partial charge in [-0.25, -0.2) is 0 Å². The van der Waals surface area contributed by atoms with E-state index in [1.165, 1.54) is 19.3 Å². The Labute approximate surface area is 96.7 Å². The number of hydrogen-bond acceptors (Lipinski definition) is 4. The van der Waals surface area contributed by atoms with Crippen molar-refractivity contribution in [1.82, 2.24) is 5.32 Å². The number of nitrogens with one attached hydrogen (secondary N) is 1. The Hall–Kier alpha value is -0.610. The zero-order chi connectivity index (χ0) is 11.2. The Bertz CT molecular complexity index is 220. The first kappa shape index (κ1) is 11.9. The van der Waals surface area contributed by atoms with Crippen LogP contribution in [0.3, 0.4) is 0 Å². The highest BCUT2D eigenvalue weighted by Gasteiger charge is 2.21. The number of ether oxygens (including phenoxy) is 2. The first-order valence-electron chi connectivity index (χ1n) is 6.35. The van der Waals surface area contributed by atoms with E-state index in [4.69, 9.17) is 9.47 Å². The highest BCUT2D eigenvalue weighted by Crippen LogP contribution is 2.14. The van der Waals surface area contributed by atoms with Gasteiger partial charge in [0.05, 0.1) is 13.2 Å². The molecule has 0 radical (unpaired) electrons. The first-order valence-corrected chi connectivity index (χ1v) is 6.35. The summed E-state index contributed by atoms with van der Waals surface area (Å²) in [6, 6.07) is 0.515. The Morgan fingerprint density at radius 3 is 3.00 bits per heavy atom. The number of rotatable bonds is 4. The standard InChI is InChI=1S/C12H21NO3/c14-12(16-11-6-8-15-9-11)5-4-10-3-1-2-7-13-10/h10-11,13H,1-9H2. The predicted molar refractivity (Wildman–Crippen MR) is 60.2 cm³/mol. The normalized spacial score (nSPS) is 30.2. The van der Waals surface area contributed by atoms with Crippen LogP contribution in [0.5, 0.6) is 0 Å². The molecule has 0 amide bonds. The van der Waals surface area contributed by atoms with Crippen LogP contribution in [0.25, 0.3) is 0 Å². The molecule has 0 aromatic heterocycles. The lowest BCUT2D eigenvalue weighted by Gasteiger charge is -2.23. The molecule has 1 N–H and O–H groups in total. The van der Waals surface area contributed by atoms with Crippen molar-refractivity contribution in [3.05, 3.63) is 0 Å². The van der Waals surface area contributed by atoms with Crippen molar-refractivity contribution in [3.8, 4) is 0 Å². The summed E-state index contributed by atoms with van der Waals surface area (Å²) in [6.45, 7) is 2.39. The maximum atomic E-state index is 11.5. The molecule has 2 rings (SSSR count). The van der Waals surface area contributed by atoms with Crippen molar-refractivity contribution in [1.29, 1.82) is 0 Å². The van der Waals surface area contributed by atoms with Crippen LogP contribution in [0.1, 0.15) is 38.5 Å². The third-order valence-electron chi connectivity index (χ3n) is 3.30. The van der Waals surface area contributed by atoms with Gasteiger partial charge in [0, 0.05) is 18.9 Å². The Morgan fingerprint density at radius 1 is 1.38 bits per heavy atom. The van der Waals surface area contributed by atoms with Gasteiger partial charge in [0.2, 0.25) is 0 Å². The smallest absolute Gasteiger partial charge is 0.306 e. The Morgan fingerprint density at radius 2 is 2.31 bits per heavy atom. The minimum absolute atomic E-state index is 0.00631. The molecular formula is C12H21NO3. The molecule has 92 valence electrons. The van der Waals surface area contributed by atoms with Gasteiger partial charge in [0.1, 0.15) is 6.10 Å². The quantitative estimate of drug-likeness (QED) is 0.734. The van der Waals surface area contributed by atoms with Crippen molar-refractivity contribution in [2.75, 3.05) is 19.8 Å². The SMILES string of the molecule is O=C(CCC1CCCCN1)OC1CCOC1. The molecule has 0 aromatic rings. The van der Waals surface area contributed by atoms with Gasteiger partial charge < -0.3 is 14.8 Å². The summed E-state index contributed by atoms with van der Waals surface area (Å²) in [5, 5.41) is 3.44. The summed E-state index contributed by atoms with van der Waals surface area (Å²) in [6.07, 6.45) is 6.05. The van der Waals surface area contributed by atoms with Crippen LogP contribution in [0.4, 0.5) is 0 Å². The van der Waals surface area contributed by atoms with Gasteiger partial charge in [0.25, 0.3) is 0 Å². The lowest BCUT2D eigenvalue weighted by molar-refractivity contribution is -0.149. The van der Waals surface area contributed by atoms with Gasteiger partial charge in [-0.1, -0.05) is 6.42 Å². The topological polar surface area (TPSA) is 47.6 Å². The van der Waals surface area contributed by atoms with Crippen LogP contribution in [-0.4, -0.2) is 37.9 Å². The molecule has 2 aliphatic rings. The molecule has 2 saturated heterocycles. The second-order valence-electron chi connectivity index (χ2n) is 4.66. The lowest BCUT2D eigenvalue weighted by atomic mass is 10.0. The second-order valence-corrected chi connectivity index (χ2v) is 4.66. The Balaban J connectivity index is 1.59. The fourth-order valence-electron chi connectivity index (χ4n) is 2.31. The maximum Gasteiger partial charge on any atom is 0.306 e. The van der Waals surface area contributed by atoms with Gasteiger partial charge >= 0.3 is 5.97 Å². The van der Waals surface area contributed by atoms with Crippen LogP contribution in [0, 0.1) is 0 Å². The van der Waals surface area contributed by atoms with Crippen LogP contribution < -0.4 is 5.32 Å². The second kappa shape index (κ2) is 6.21. The van der Waals surface area contributed by atoms with E-state index in [1.807, 2.05) is 0 Å². The highest BCUT2D eigenvalue weighted by atomic mass is 16.6. The van der Waals surface area contributed by atoms with E-state index in [0.717, 1.165) is 26.0 Å². The summed E-state index contributed by atoms with van der Waals surface area (Å²) in [5.41, 5.74) is 0. The summed E-state index contributed by atoms with van der Waals surface area (Å²) in [4.78, 5) is 11.5. The van der Waals surface area contributed by atoms with Crippen molar-refractivity contribution in [2.24, 2.45) is 0 Å². The molecule has 0 bridgehead atoms. The van der Waals surface area contributed by atoms with Crippen LogP contribution >= 0.6 is 0 Å². The summed E-state index contributed by atoms with van der Waals surface area (Å²) < 4.78 is 10.5. The average Bonchev–Trinajstić information content (AvgIpc) is 2.81. The molecule has 0 aliphatic carbocycles. The largest absolute Gasteiger partial charge is 0.460 e. The fraction of sp³-hybridized carbons (Fsp3) is 0.917. The van der Waals surface area contributed by atoms with E-state index in [9.17, 15) is 4.79 Å². The van der Waals surface area contributed by atoms with Crippen LogP contribution in [0.2, 0.25) is 0 Å². The molecule has 2 fully saturated rings. The molecule has 2 unspecified atom stereocenters. The molecule has 0 saturated carbocycles. The number of carbonyl (C=O) groups is 1. The average molecular weight is 227 g/mol. The van der Waals surface area contributed by atoms with Crippen molar-refractivity contribution in [2.45, 2.75) is 50.7 Å². The number of hydrogen-bond donors (Lipinski definition) is 1. The third-order valence-corrected chi connectivity index (χ3v) is 3.30. The van der Waals surface area contributed by atoms with E-state index in [-0.39, 0.29) is 12.1 Å². The van der Waals surface area contributed by atoms with Gasteiger partial charge in [0.15, 0.2) is 0 Å². The highest BCUT2D eigenvalue weighted by molar-refractivity contribution is 5.69. The van der Waals surface area contributed by atoms with Gasteiger partial charge in [-0.05, 0) is 25.8 Å². The fourth-order valence-corrected chi connectivity index (χ4v) is 2.31. The molecule has 2 atom stereocenters. The summed E-state index contributed by atoms with van der Waals surface area (Å²) in [5.74, 6) is -0.0668. The van der Waals surface area contributed by atoms with E-state index in [2.05, 4.69) is 5.32 Å². The van der Waals surface area contributed by atoms with Crippen molar-refractivity contribution < 1.29 is 14.3 Å².